The number of hydrogen-bond donors (Lipinski definition) is 1. The smallest absolute Gasteiger partial charge is 0.307 e. The number of nitro benzene ring substituents is 1. The molecule has 0 unspecified atom stereocenters. The summed E-state index contributed by atoms with van der Waals surface area (Å²) in [7, 11) is 0. The van der Waals surface area contributed by atoms with Crippen LogP contribution < -0.4 is 0 Å². The van der Waals surface area contributed by atoms with E-state index in [-0.39, 0.29) is 21.8 Å². The zero-order valence-electron chi connectivity index (χ0n) is 7.81. The standard InChI is InChI=1S/C9H5ClN2O4/c10-9-5(3-8(13)14)1-7(12(15)16)2-6(9)4-11/h1-2H,3H2,(H,13,14). The summed E-state index contributed by atoms with van der Waals surface area (Å²) in [5.41, 5.74) is -0.399. The molecule has 6 nitrogen and oxygen atoms in total. The normalized spacial score (nSPS) is 9.50. The highest BCUT2D eigenvalue weighted by Crippen LogP contribution is 2.27. The topological polar surface area (TPSA) is 104 Å². The predicted molar refractivity (Wildman–Crippen MR) is 54.2 cm³/mol. The van der Waals surface area contributed by atoms with Crippen LogP contribution in [0.2, 0.25) is 5.02 Å². The van der Waals surface area contributed by atoms with Gasteiger partial charge in [0.25, 0.3) is 5.69 Å². The van der Waals surface area contributed by atoms with Gasteiger partial charge in [0.15, 0.2) is 0 Å². The molecule has 0 aromatic heterocycles. The van der Waals surface area contributed by atoms with Crippen LogP contribution in [0.25, 0.3) is 0 Å². The predicted octanol–water partition coefficient (Wildman–Crippen LogP) is 1.75. The molecule has 0 aliphatic heterocycles. The summed E-state index contributed by atoms with van der Waals surface area (Å²) in [6.45, 7) is 0. The second-order valence-electron chi connectivity index (χ2n) is 2.91. The maximum absolute atomic E-state index is 10.5. The highest BCUT2D eigenvalue weighted by Gasteiger charge is 2.16. The Hall–Kier alpha value is -2.13. The second kappa shape index (κ2) is 4.59. The molecular weight excluding hydrogens is 236 g/mol. The molecule has 7 heteroatoms. The van der Waals surface area contributed by atoms with Crippen molar-refractivity contribution < 1.29 is 14.8 Å². The number of nitrogens with zero attached hydrogens (tertiary/aromatic N) is 2. The van der Waals surface area contributed by atoms with E-state index < -0.39 is 17.3 Å². The van der Waals surface area contributed by atoms with Gasteiger partial charge in [0.2, 0.25) is 0 Å². The van der Waals surface area contributed by atoms with E-state index in [1.165, 1.54) is 0 Å². The van der Waals surface area contributed by atoms with Gasteiger partial charge in [0, 0.05) is 12.1 Å². The molecule has 1 rings (SSSR count). The lowest BCUT2D eigenvalue weighted by atomic mass is 10.1. The number of nitriles is 1. The van der Waals surface area contributed by atoms with E-state index in [0.717, 1.165) is 12.1 Å². The molecule has 0 radical (unpaired) electrons. The summed E-state index contributed by atoms with van der Waals surface area (Å²) in [5, 5.41) is 27.7. The van der Waals surface area contributed by atoms with E-state index in [1.54, 1.807) is 6.07 Å². The third-order valence-electron chi connectivity index (χ3n) is 1.81. The molecule has 0 atom stereocenters. The van der Waals surface area contributed by atoms with E-state index in [4.69, 9.17) is 22.0 Å². The van der Waals surface area contributed by atoms with Gasteiger partial charge in [-0.3, -0.25) is 14.9 Å². The zero-order chi connectivity index (χ0) is 12.3. The first-order valence-electron chi connectivity index (χ1n) is 4.04. The monoisotopic (exact) mass is 240 g/mol. The summed E-state index contributed by atoms with van der Waals surface area (Å²) < 4.78 is 0. The van der Waals surface area contributed by atoms with Gasteiger partial charge >= 0.3 is 5.97 Å². The Morgan fingerprint density at radius 1 is 1.62 bits per heavy atom. The molecule has 16 heavy (non-hydrogen) atoms. The summed E-state index contributed by atoms with van der Waals surface area (Å²) in [5.74, 6) is -1.17. The minimum absolute atomic E-state index is 0.0555. The van der Waals surface area contributed by atoms with Gasteiger partial charge in [-0.25, -0.2) is 0 Å². The van der Waals surface area contributed by atoms with Crippen molar-refractivity contribution in [2.75, 3.05) is 0 Å². The quantitative estimate of drug-likeness (QED) is 0.640. The molecule has 1 aromatic rings. The van der Waals surface area contributed by atoms with E-state index in [0.29, 0.717) is 0 Å². The third-order valence-corrected chi connectivity index (χ3v) is 2.25. The van der Waals surface area contributed by atoms with Crippen molar-refractivity contribution >= 4 is 23.3 Å². The van der Waals surface area contributed by atoms with Crippen LogP contribution in [-0.4, -0.2) is 16.0 Å². The Kier molecular flexibility index (Phi) is 3.43. The molecule has 0 heterocycles. The minimum Gasteiger partial charge on any atom is -0.481 e. The molecule has 0 fully saturated rings. The van der Waals surface area contributed by atoms with Gasteiger partial charge in [-0.2, -0.15) is 5.26 Å². The average molecular weight is 241 g/mol. The molecule has 0 aliphatic rings. The summed E-state index contributed by atoms with van der Waals surface area (Å²) >= 11 is 5.72. The number of carboxylic acid groups (broad SMARTS) is 1. The number of non-ortho nitro benzene ring substituents is 1. The van der Waals surface area contributed by atoms with Gasteiger partial charge in [-0.15, -0.1) is 0 Å². The fraction of sp³-hybridized carbons (Fsp3) is 0.111. The Morgan fingerprint density at radius 3 is 2.69 bits per heavy atom. The Bertz CT molecular complexity index is 507. The molecule has 82 valence electrons. The third kappa shape index (κ3) is 2.46. The van der Waals surface area contributed by atoms with E-state index in [2.05, 4.69) is 0 Å². The van der Waals surface area contributed by atoms with Crippen LogP contribution in [0.1, 0.15) is 11.1 Å². The molecule has 1 aromatic carbocycles. The molecule has 0 saturated carbocycles. The van der Waals surface area contributed by atoms with Crippen molar-refractivity contribution in [1.82, 2.24) is 0 Å². The second-order valence-corrected chi connectivity index (χ2v) is 3.28. The number of nitro groups is 1. The first kappa shape index (κ1) is 11.9. The number of aliphatic carboxylic acids is 1. The summed E-state index contributed by atoms with van der Waals surface area (Å²) in [6.07, 6.45) is -0.463. The number of carbonyl (C=O) groups is 1. The van der Waals surface area contributed by atoms with Crippen LogP contribution in [0, 0.1) is 21.4 Å². The van der Waals surface area contributed by atoms with E-state index >= 15 is 0 Å². The van der Waals surface area contributed by atoms with Crippen molar-refractivity contribution in [2.24, 2.45) is 0 Å². The average Bonchev–Trinajstić information content (AvgIpc) is 2.20. The molecule has 1 N–H and O–H groups in total. The first-order chi connectivity index (χ1) is 7.45. The van der Waals surface area contributed by atoms with Crippen LogP contribution >= 0.6 is 11.6 Å². The van der Waals surface area contributed by atoms with Crippen molar-refractivity contribution in [3.63, 3.8) is 0 Å². The van der Waals surface area contributed by atoms with Crippen molar-refractivity contribution in [1.29, 1.82) is 5.26 Å². The van der Waals surface area contributed by atoms with Gasteiger partial charge in [0.1, 0.15) is 6.07 Å². The highest BCUT2D eigenvalue weighted by molar-refractivity contribution is 6.32. The van der Waals surface area contributed by atoms with E-state index in [9.17, 15) is 14.9 Å². The lowest BCUT2D eigenvalue weighted by molar-refractivity contribution is -0.384. The largest absolute Gasteiger partial charge is 0.481 e. The number of carboxylic acids is 1. The fourth-order valence-electron chi connectivity index (χ4n) is 1.15. The Labute approximate surface area is 94.8 Å². The van der Waals surface area contributed by atoms with Crippen LogP contribution in [-0.2, 0) is 11.2 Å². The molecule has 0 spiro atoms. The van der Waals surface area contributed by atoms with Crippen LogP contribution in [0.15, 0.2) is 12.1 Å². The summed E-state index contributed by atoms with van der Waals surface area (Å²) in [4.78, 5) is 20.3. The molecule has 0 saturated heterocycles. The van der Waals surface area contributed by atoms with Crippen LogP contribution in [0.3, 0.4) is 0 Å². The maximum Gasteiger partial charge on any atom is 0.307 e. The highest BCUT2D eigenvalue weighted by atomic mass is 35.5. The van der Waals surface area contributed by atoms with Crippen molar-refractivity contribution in [2.45, 2.75) is 6.42 Å². The van der Waals surface area contributed by atoms with Crippen LogP contribution in [0.5, 0.6) is 0 Å². The van der Waals surface area contributed by atoms with Gasteiger partial charge in [-0.1, -0.05) is 11.6 Å². The molecule has 0 amide bonds. The van der Waals surface area contributed by atoms with Gasteiger partial charge in [0.05, 0.1) is 21.9 Å². The van der Waals surface area contributed by atoms with Gasteiger partial charge in [-0.05, 0) is 5.56 Å². The number of rotatable bonds is 3. The molecular formula is C9H5ClN2O4. The lowest BCUT2D eigenvalue weighted by Gasteiger charge is -2.02. The zero-order valence-corrected chi connectivity index (χ0v) is 8.56. The van der Waals surface area contributed by atoms with Crippen molar-refractivity contribution in [3.8, 4) is 6.07 Å². The number of hydrogen-bond acceptors (Lipinski definition) is 4. The van der Waals surface area contributed by atoms with Gasteiger partial charge < -0.3 is 5.11 Å². The molecule has 0 bridgehead atoms. The van der Waals surface area contributed by atoms with E-state index in [1.807, 2.05) is 0 Å². The fourth-order valence-corrected chi connectivity index (χ4v) is 1.36. The lowest BCUT2D eigenvalue weighted by Crippen LogP contribution is -2.03. The minimum atomic E-state index is -1.17. The Balaban J connectivity index is 3.36. The Morgan fingerprint density at radius 2 is 2.25 bits per heavy atom. The molecule has 0 aliphatic carbocycles. The van der Waals surface area contributed by atoms with Crippen molar-refractivity contribution in [3.05, 3.63) is 38.4 Å². The van der Waals surface area contributed by atoms with Crippen LogP contribution in [0.4, 0.5) is 5.69 Å². The number of benzene rings is 1. The summed E-state index contributed by atoms with van der Waals surface area (Å²) in [6, 6.07) is 3.74. The number of halogens is 1. The SMILES string of the molecule is N#Cc1cc([N+](=O)[O-])cc(CC(=O)O)c1Cl. The first-order valence-corrected chi connectivity index (χ1v) is 4.42. The maximum atomic E-state index is 10.5.